The van der Waals surface area contributed by atoms with Crippen LogP contribution in [0.15, 0.2) is 29.0 Å². The van der Waals surface area contributed by atoms with Gasteiger partial charge in [-0.3, -0.25) is 9.78 Å². The van der Waals surface area contributed by atoms with Crippen LogP contribution in [0.2, 0.25) is 0 Å². The van der Waals surface area contributed by atoms with Gasteiger partial charge in [-0.15, -0.1) is 0 Å². The third-order valence-corrected chi connectivity index (χ3v) is 2.67. The molecule has 0 aliphatic carbocycles. The standard InChI is InChI=1S/C13H15N3O2/c1-3-11-12(9(2)18-16-11)13(17)15-8-10-5-4-6-14-7-10/h4-7H,3,8H2,1-2H3,(H,15,17). The quantitative estimate of drug-likeness (QED) is 0.892. The molecule has 0 aromatic carbocycles. The van der Waals surface area contributed by atoms with Gasteiger partial charge in [0.1, 0.15) is 11.3 Å². The molecule has 0 fully saturated rings. The van der Waals surface area contributed by atoms with Crippen molar-refractivity contribution in [3.8, 4) is 0 Å². The summed E-state index contributed by atoms with van der Waals surface area (Å²) < 4.78 is 5.04. The second-order valence-electron chi connectivity index (χ2n) is 3.96. The summed E-state index contributed by atoms with van der Waals surface area (Å²) >= 11 is 0. The van der Waals surface area contributed by atoms with Crippen LogP contribution in [0.4, 0.5) is 0 Å². The molecule has 0 atom stereocenters. The third kappa shape index (κ3) is 2.56. The highest BCUT2D eigenvalue weighted by Crippen LogP contribution is 2.13. The Labute approximate surface area is 105 Å². The normalized spacial score (nSPS) is 10.3. The molecule has 5 heteroatoms. The van der Waals surface area contributed by atoms with E-state index in [4.69, 9.17) is 4.52 Å². The van der Waals surface area contributed by atoms with Crippen LogP contribution in [0.25, 0.3) is 0 Å². The van der Waals surface area contributed by atoms with Gasteiger partial charge in [-0.1, -0.05) is 18.1 Å². The van der Waals surface area contributed by atoms with Crippen molar-refractivity contribution >= 4 is 5.91 Å². The summed E-state index contributed by atoms with van der Waals surface area (Å²) in [5.41, 5.74) is 2.19. The summed E-state index contributed by atoms with van der Waals surface area (Å²) in [4.78, 5) is 16.0. The molecule has 1 N–H and O–H groups in total. The van der Waals surface area contributed by atoms with Crippen LogP contribution < -0.4 is 5.32 Å². The summed E-state index contributed by atoms with van der Waals surface area (Å²) in [5, 5.41) is 6.70. The average molecular weight is 245 g/mol. The highest BCUT2D eigenvalue weighted by Gasteiger charge is 2.18. The number of pyridine rings is 1. The van der Waals surface area contributed by atoms with Crippen molar-refractivity contribution in [2.75, 3.05) is 0 Å². The van der Waals surface area contributed by atoms with Crippen LogP contribution in [0, 0.1) is 6.92 Å². The number of aryl methyl sites for hydroxylation is 2. The first-order chi connectivity index (χ1) is 8.72. The van der Waals surface area contributed by atoms with Gasteiger partial charge < -0.3 is 9.84 Å². The molecule has 0 saturated carbocycles. The first-order valence-corrected chi connectivity index (χ1v) is 5.84. The Morgan fingerprint density at radius 3 is 3.00 bits per heavy atom. The van der Waals surface area contributed by atoms with Gasteiger partial charge in [-0.25, -0.2) is 0 Å². The van der Waals surface area contributed by atoms with Gasteiger partial charge in [-0.05, 0) is 25.0 Å². The van der Waals surface area contributed by atoms with E-state index in [0.29, 0.717) is 30.0 Å². The minimum atomic E-state index is -0.158. The number of carbonyl (C=O) groups is 1. The maximum Gasteiger partial charge on any atom is 0.257 e. The summed E-state index contributed by atoms with van der Waals surface area (Å²) in [6.07, 6.45) is 4.10. The molecule has 0 aliphatic heterocycles. The fraction of sp³-hybridized carbons (Fsp3) is 0.308. The van der Waals surface area contributed by atoms with E-state index in [9.17, 15) is 4.79 Å². The zero-order chi connectivity index (χ0) is 13.0. The molecule has 94 valence electrons. The number of nitrogens with one attached hydrogen (secondary N) is 1. The lowest BCUT2D eigenvalue weighted by atomic mass is 10.1. The van der Waals surface area contributed by atoms with Crippen molar-refractivity contribution in [2.24, 2.45) is 0 Å². The maximum absolute atomic E-state index is 12.0. The van der Waals surface area contributed by atoms with E-state index in [1.165, 1.54) is 0 Å². The number of rotatable bonds is 4. The van der Waals surface area contributed by atoms with E-state index in [-0.39, 0.29) is 5.91 Å². The molecule has 0 bridgehead atoms. The SMILES string of the molecule is CCc1noc(C)c1C(=O)NCc1cccnc1. The van der Waals surface area contributed by atoms with Gasteiger partial charge in [0.25, 0.3) is 5.91 Å². The minimum Gasteiger partial charge on any atom is -0.361 e. The van der Waals surface area contributed by atoms with Crippen LogP contribution in [0.5, 0.6) is 0 Å². The Bertz CT molecular complexity index is 534. The number of hydrogen-bond donors (Lipinski definition) is 1. The van der Waals surface area contributed by atoms with E-state index in [2.05, 4.69) is 15.5 Å². The smallest absolute Gasteiger partial charge is 0.257 e. The summed E-state index contributed by atoms with van der Waals surface area (Å²) in [7, 11) is 0. The fourth-order valence-corrected chi connectivity index (χ4v) is 1.72. The molecular weight excluding hydrogens is 230 g/mol. The lowest BCUT2D eigenvalue weighted by Gasteiger charge is -2.04. The Morgan fingerprint density at radius 2 is 2.33 bits per heavy atom. The number of amides is 1. The van der Waals surface area contributed by atoms with Gasteiger partial charge in [0, 0.05) is 18.9 Å². The highest BCUT2D eigenvalue weighted by molar-refractivity contribution is 5.96. The minimum absolute atomic E-state index is 0.158. The molecule has 0 unspecified atom stereocenters. The molecule has 0 radical (unpaired) electrons. The molecule has 18 heavy (non-hydrogen) atoms. The van der Waals surface area contributed by atoms with Gasteiger partial charge >= 0.3 is 0 Å². The molecular formula is C13H15N3O2. The summed E-state index contributed by atoms with van der Waals surface area (Å²) in [6.45, 7) is 4.13. The van der Waals surface area contributed by atoms with Crippen molar-refractivity contribution in [3.63, 3.8) is 0 Å². The molecule has 5 nitrogen and oxygen atoms in total. The van der Waals surface area contributed by atoms with E-state index in [1.54, 1.807) is 19.3 Å². The van der Waals surface area contributed by atoms with Gasteiger partial charge in [0.15, 0.2) is 0 Å². The maximum atomic E-state index is 12.0. The molecule has 2 aromatic rings. The number of carbonyl (C=O) groups excluding carboxylic acids is 1. The summed E-state index contributed by atoms with van der Waals surface area (Å²) in [6, 6.07) is 3.75. The molecule has 2 rings (SSSR count). The molecule has 2 aromatic heterocycles. The largest absolute Gasteiger partial charge is 0.361 e. The zero-order valence-electron chi connectivity index (χ0n) is 10.4. The predicted molar refractivity (Wildman–Crippen MR) is 66.0 cm³/mol. The average Bonchev–Trinajstić information content (AvgIpc) is 2.78. The predicted octanol–water partition coefficient (Wildman–Crippen LogP) is 1.87. The van der Waals surface area contributed by atoms with Crippen LogP contribution in [-0.4, -0.2) is 16.0 Å². The van der Waals surface area contributed by atoms with Crippen LogP contribution in [0.1, 0.15) is 34.3 Å². The number of nitrogens with zero attached hydrogens (tertiary/aromatic N) is 2. The fourth-order valence-electron chi connectivity index (χ4n) is 1.72. The van der Waals surface area contributed by atoms with Gasteiger partial charge in [0.2, 0.25) is 0 Å². The third-order valence-electron chi connectivity index (χ3n) is 2.67. The first kappa shape index (κ1) is 12.3. The van der Waals surface area contributed by atoms with Crippen LogP contribution in [-0.2, 0) is 13.0 Å². The van der Waals surface area contributed by atoms with Crippen molar-refractivity contribution in [2.45, 2.75) is 26.8 Å². The zero-order valence-corrected chi connectivity index (χ0v) is 10.4. The second-order valence-corrected chi connectivity index (χ2v) is 3.96. The van der Waals surface area contributed by atoms with E-state index in [1.807, 2.05) is 19.1 Å². The number of hydrogen-bond acceptors (Lipinski definition) is 4. The number of aromatic nitrogens is 2. The summed E-state index contributed by atoms with van der Waals surface area (Å²) in [5.74, 6) is 0.394. The van der Waals surface area contributed by atoms with Crippen LogP contribution in [0.3, 0.4) is 0 Å². The molecule has 0 aliphatic rings. The topological polar surface area (TPSA) is 68.0 Å². The van der Waals surface area contributed by atoms with Gasteiger partial charge in [-0.2, -0.15) is 0 Å². The van der Waals surface area contributed by atoms with Crippen molar-refractivity contribution in [1.82, 2.24) is 15.5 Å². The van der Waals surface area contributed by atoms with Crippen LogP contribution >= 0.6 is 0 Å². The molecule has 1 amide bonds. The second kappa shape index (κ2) is 5.44. The Kier molecular flexibility index (Phi) is 3.72. The van der Waals surface area contributed by atoms with Gasteiger partial charge in [0.05, 0.1) is 5.69 Å². The molecule has 0 spiro atoms. The van der Waals surface area contributed by atoms with Crippen molar-refractivity contribution < 1.29 is 9.32 Å². The molecule has 2 heterocycles. The van der Waals surface area contributed by atoms with Crippen molar-refractivity contribution in [1.29, 1.82) is 0 Å². The lowest BCUT2D eigenvalue weighted by Crippen LogP contribution is -2.24. The Hall–Kier alpha value is -2.17. The van der Waals surface area contributed by atoms with E-state index >= 15 is 0 Å². The first-order valence-electron chi connectivity index (χ1n) is 5.84. The lowest BCUT2D eigenvalue weighted by molar-refractivity contribution is 0.0948. The monoisotopic (exact) mass is 245 g/mol. The van der Waals surface area contributed by atoms with Crippen molar-refractivity contribution in [3.05, 3.63) is 47.1 Å². The van der Waals surface area contributed by atoms with E-state index in [0.717, 1.165) is 5.56 Å². The molecule has 0 saturated heterocycles. The Balaban J connectivity index is 2.06. The Morgan fingerprint density at radius 1 is 1.50 bits per heavy atom. The highest BCUT2D eigenvalue weighted by atomic mass is 16.5. The van der Waals surface area contributed by atoms with E-state index < -0.39 is 0 Å².